The van der Waals surface area contributed by atoms with Gasteiger partial charge >= 0.3 is 5.97 Å². The summed E-state index contributed by atoms with van der Waals surface area (Å²) in [6.45, 7) is 3.68. The van der Waals surface area contributed by atoms with Gasteiger partial charge in [0, 0.05) is 59.7 Å². The first kappa shape index (κ1) is 59.1. The molecule has 19 nitrogen and oxygen atoms in total. The third-order valence-electron chi connectivity index (χ3n) is 11.0. The van der Waals surface area contributed by atoms with Crippen LogP contribution < -0.4 is 39.4 Å². The number of ketones is 1. The molecule has 0 bridgehead atoms. The third-order valence-corrected chi connectivity index (χ3v) is 15.9. The SMILES string of the molecule is C1CN=C2NCCCN2C1.COC(=O)CNS(=O)(=O)c1cc(Oc2c(Cl)cc(Br)cc2Cl)ncc1OC.COc1cnc(Oc2c(Cl)cc(Br)cc2Cl)cc1S(=O)(=O)NCC(=O)CC1CCC1.NC1CCC1. The van der Waals surface area contributed by atoms with Gasteiger partial charge in [-0.25, -0.2) is 31.5 Å². The van der Waals surface area contributed by atoms with Gasteiger partial charge in [-0.3, -0.25) is 14.6 Å². The Morgan fingerprint density at radius 1 is 0.722 bits per heavy atom. The van der Waals surface area contributed by atoms with E-state index in [0.717, 1.165) is 57.7 Å². The van der Waals surface area contributed by atoms with E-state index in [4.69, 9.17) is 71.1 Å². The number of nitrogens with one attached hydrogen (secondary N) is 3. The number of hydrogen-bond donors (Lipinski definition) is 4. The minimum atomic E-state index is -4.12. The molecule has 2 aromatic carbocycles. The number of fused-ring (bicyclic) bond motifs is 1. The lowest BCUT2D eigenvalue weighted by Crippen LogP contribution is -2.49. The molecule has 0 spiro atoms. The molecule has 1 saturated heterocycles. The first-order valence-corrected chi connectivity index (χ1v) is 28.4. The summed E-state index contributed by atoms with van der Waals surface area (Å²) in [5.41, 5.74) is 5.38. The Morgan fingerprint density at radius 2 is 1.18 bits per heavy atom. The van der Waals surface area contributed by atoms with E-state index in [9.17, 15) is 26.4 Å². The number of hydrogen-bond acceptors (Lipinski definition) is 17. The first-order valence-electron chi connectivity index (χ1n) is 22.3. The van der Waals surface area contributed by atoms with Crippen molar-refractivity contribution in [2.75, 3.05) is 60.6 Å². The number of aliphatic imine (C=N–C) groups is 1. The van der Waals surface area contributed by atoms with Crippen molar-refractivity contribution in [3.63, 3.8) is 0 Å². The third kappa shape index (κ3) is 17.7. The average molecular weight is 1250 g/mol. The van der Waals surface area contributed by atoms with E-state index < -0.39 is 32.6 Å². The van der Waals surface area contributed by atoms with Gasteiger partial charge in [0.15, 0.2) is 29.0 Å². The summed E-state index contributed by atoms with van der Waals surface area (Å²) in [6, 6.07) is 9.15. The second kappa shape index (κ2) is 28.2. The molecule has 0 amide bonds. The topological polar surface area (TPSA) is 252 Å². The summed E-state index contributed by atoms with van der Waals surface area (Å²) in [7, 11) is -4.44. The number of benzene rings is 2. The molecule has 0 atom stereocenters. The molecule has 2 saturated carbocycles. The predicted octanol–water partition coefficient (Wildman–Crippen LogP) is 8.93. The van der Waals surface area contributed by atoms with Crippen LogP contribution in [0.2, 0.25) is 20.1 Å². The number of nitrogens with two attached hydrogens (primary N) is 1. The van der Waals surface area contributed by atoms with Crippen LogP contribution in [-0.4, -0.2) is 116 Å². The van der Waals surface area contributed by atoms with E-state index in [0.29, 0.717) is 27.3 Å². The highest BCUT2D eigenvalue weighted by Gasteiger charge is 2.27. The number of carbonyl (C=O) groups is 2. The van der Waals surface area contributed by atoms with Gasteiger partial charge in [-0.15, -0.1) is 0 Å². The molecular weight excluding hydrogens is 1190 g/mol. The van der Waals surface area contributed by atoms with Crippen LogP contribution in [-0.2, 0) is 34.4 Å². The largest absolute Gasteiger partial charge is 0.494 e. The summed E-state index contributed by atoms with van der Waals surface area (Å²) >= 11 is 31.0. The molecule has 2 aliphatic heterocycles. The molecule has 8 rings (SSSR count). The number of methoxy groups -OCH3 is 3. The molecular formula is C45H54Br2Cl4N8O11S2. The van der Waals surface area contributed by atoms with E-state index in [2.05, 4.69) is 71.2 Å². The highest BCUT2D eigenvalue weighted by atomic mass is 79.9. The maximum absolute atomic E-state index is 12.8. The zero-order chi connectivity index (χ0) is 52.6. The molecule has 0 unspecified atom stereocenters. The van der Waals surface area contributed by atoms with Gasteiger partial charge in [0.25, 0.3) is 0 Å². The van der Waals surface area contributed by atoms with Gasteiger partial charge in [0.1, 0.15) is 22.1 Å². The van der Waals surface area contributed by atoms with Crippen molar-refractivity contribution in [1.29, 1.82) is 0 Å². The summed E-state index contributed by atoms with van der Waals surface area (Å²) in [6.07, 6.45) is 12.3. The van der Waals surface area contributed by atoms with Crippen molar-refractivity contribution >= 4 is 116 Å². The lowest BCUT2D eigenvalue weighted by molar-refractivity contribution is -0.139. The Morgan fingerprint density at radius 3 is 1.58 bits per heavy atom. The zero-order valence-corrected chi connectivity index (χ0v) is 47.2. The van der Waals surface area contributed by atoms with Crippen LogP contribution in [0.3, 0.4) is 0 Å². The number of carbonyl (C=O) groups excluding carboxylic acids is 2. The summed E-state index contributed by atoms with van der Waals surface area (Å²) in [5, 5.41) is 4.12. The van der Waals surface area contributed by atoms with E-state index in [1.54, 1.807) is 24.3 Å². The van der Waals surface area contributed by atoms with E-state index in [1.165, 1.54) is 71.7 Å². The van der Waals surface area contributed by atoms with Crippen LogP contribution in [0.25, 0.3) is 0 Å². The second-order valence-electron chi connectivity index (χ2n) is 16.2. The fourth-order valence-corrected chi connectivity index (χ4v) is 11.6. The van der Waals surface area contributed by atoms with Crippen molar-refractivity contribution in [2.24, 2.45) is 16.6 Å². The van der Waals surface area contributed by atoms with Crippen LogP contribution in [0.1, 0.15) is 57.8 Å². The average Bonchev–Trinajstić information content (AvgIpc) is 3.33. The lowest BCUT2D eigenvalue weighted by atomic mass is 9.82. The summed E-state index contributed by atoms with van der Waals surface area (Å²) in [4.78, 5) is 37.5. The molecule has 5 N–H and O–H groups in total. The highest BCUT2D eigenvalue weighted by Crippen LogP contribution is 2.41. The molecule has 394 valence electrons. The van der Waals surface area contributed by atoms with Gasteiger partial charge in [0.2, 0.25) is 31.8 Å². The number of sulfonamides is 2. The van der Waals surface area contributed by atoms with E-state index >= 15 is 0 Å². The number of halogens is 6. The maximum atomic E-state index is 12.8. The second-order valence-corrected chi connectivity index (χ2v) is 23.2. The number of pyridine rings is 2. The molecule has 72 heavy (non-hydrogen) atoms. The van der Waals surface area contributed by atoms with Crippen molar-refractivity contribution < 1.29 is 50.1 Å². The summed E-state index contributed by atoms with van der Waals surface area (Å²) < 4.78 is 82.0. The molecule has 27 heteroatoms. The summed E-state index contributed by atoms with van der Waals surface area (Å²) in [5.74, 6) is 0.634. The van der Waals surface area contributed by atoms with Crippen LogP contribution >= 0.6 is 78.3 Å². The normalized spacial score (nSPS) is 15.4. The van der Waals surface area contributed by atoms with Gasteiger partial charge < -0.3 is 39.6 Å². The van der Waals surface area contributed by atoms with Crippen molar-refractivity contribution in [1.82, 2.24) is 29.6 Å². The van der Waals surface area contributed by atoms with Gasteiger partial charge in [-0.05, 0) is 55.9 Å². The smallest absolute Gasteiger partial charge is 0.320 e. The fourth-order valence-electron chi connectivity index (χ4n) is 6.71. The number of ether oxygens (including phenoxy) is 5. The quantitative estimate of drug-likeness (QED) is 0.0764. The van der Waals surface area contributed by atoms with Crippen molar-refractivity contribution in [3.8, 4) is 34.8 Å². The van der Waals surface area contributed by atoms with Crippen LogP contribution in [0.15, 0.2) is 72.5 Å². The molecule has 4 aromatic rings. The van der Waals surface area contributed by atoms with E-state index in [1.807, 2.05) is 0 Å². The monoisotopic (exact) mass is 1240 g/mol. The Labute approximate surface area is 455 Å². The van der Waals surface area contributed by atoms with E-state index in [-0.39, 0.29) is 77.0 Å². The molecule has 4 aliphatic rings. The Hall–Kier alpha value is -3.75. The maximum Gasteiger partial charge on any atom is 0.320 e. The first-order chi connectivity index (χ1) is 34.2. The fraction of sp³-hybridized carbons (Fsp3) is 0.444. The zero-order valence-electron chi connectivity index (χ0n) is 39.3. The molecule has 2 aliphatic carbocycles. The standard InChI is InChI=1S/C19H19BrCl2N2O5S.C15H13BrCl2N2O6S.C7H13N3.C4H9N/c1-28-16-10-23-18(29-19-14(21)6-12(20)7-15(19)22)8-17(16)30(26,27)24-9-13(25)5-11-3-2-4-11;1-24-11-6-19-13(26-15-9(17)3-8(16)4-10(15)18)5-12(11)27(22,23)20-7-14(21)25-2;1-3-8-7-9-4-2-6-10(7)5-1;5-4-2-1-3-4/h6-8,10-11,24H,2-5,9H2,1H3;3-6,20H,7H2,1-2H3;1-6H2,(H,8,9);4H,1-3,5H2. The number of esters is 1. The molecule has 2 aromatic heterocycles. The Bertz CT molecular complexity index is 2750. The predicted molar refractivity (Wildman–Crippen MR) is 282 cm³/mol. The van der Waals surface area contributed by atoms with Gasteiger partial charge in [-0.1, -0.05) is 104 Å². The number of guanidine groups is 1. The molecule has 3 fully saturated rings. The lowest BCUT2D eigenvalue weighted by Gasteiger charge is -2.33. The minimum absolute atomic E-state index is 0.00860. The van der Waals surface area contributed by atoms with Crippen LogP contribution in [0, 0.1) is 5.92 Å². The Balaban J connectivity index is 0.000000207. The van der Waals surface area contributed by atoms with Crippen LogP contribution in [0.5, 0.6) is 34.8 Å². The number of rotatable bonds is 16. The Kier molecular flexibility index (Phi) is 23.2. The van der Waals surface area contributed by atoms with Crippen molar-refractivity contribution in [3.05, 3.63) is 77.8 Å². The van der Waals surface area contributed by atoms with Crippen molar-refractivity contribution in [2.45, 2.75) is 73.6 Å². The van der Waals surface area contributed by atoms with Gasteiger partial charge in [-0.2, -0.15) is 4.72 Å². The number of nitrogens with zero attached hydrogens (tertiary/aromatic N) is 4. The molecule has 0 radical (unpaired) electrons. The van der Waals surface area contributed by atoms with Gasteiger partial charge in [0.05, 0.1) is 60.4 Å². The highest BCUT2D eigenvalue weighted by molar-refractivity contribution is 9.10. The number of Topliss-reactive ketones (excluding diaryl/α,β-unsaturated/α-hetero) is 1. The number of aromatic nitrogens is 2. The van der Waals surface area contributed by atoms with Crippen LogP contribution in [0.4, 0.5) is 0 Å². The molecule has 4 heterocycles. The minimum Gasteiger partial charge on any atom is -0.494 e.